The Morgan fingerprint density at radius 3 is 2.90 bits per heavy atom. The Labute approximate surface area is 130 Å². The zero-order chi connectivity index (χ0) is 15.2. The van der Waals surface area contributed by atoms with Crippen molar-refractivity contribution in [2.45, 2.75) is 0 Å². The lowest BCUT2D eigenvalue weighted by atomic mass is 10.1. The van der Waals surface area contributed by atoms with Crippen LogP contribution in [0.4, 0.5) is 0 Å². The molecule has 2 rings (SSSR count). The smallest absolute Gasteiger partial charge is 0.215 e. The highest BCUT2D eigenvalue weighted by Gasteiger charge is 2.17. The number of benzene rings is 1. The SMILES string of the molecule is COCOc1cccnc1C(=O)c1ccc(C#N)c(Br)c1. The van der Waals surface area contributed by atoms with Gasteiger partial charge in [0, 0.05) is 23.3 Å². The molecule has 0 aliphatic heterocycles. The van der Waals surface area contributed by atoms with Crippen molar-refractivity contribution in [2.24, 2.45) is 0 Å². The fourth-order valence-corrected chi connectivity index (χ4v) is 2.15. The van der Waals surface area contributed by atoms with Gasteiger partial charge < -0.3 is 9.47 Å². The first kappa shape index (κ1) is 15.2. The van der Waals surface area contributed by atoms with E-state index >= 15 is 0 Å². The molecule has 5 nitrogen and oxygen atoms in total. The number of halogens is 1. The largest absolute Gasteiger partial charge is 0.465 e. The van der Waals surface area contributed by atoms with Crippen LogP contribution >= 0.6 is 15.9 Å². The zero-order valence-electron chi connectivity index (χ0n) is 11.2. The third kappa shape index (κ3) is 3.45. The summed E-state index contributed by atoms with van der Waals surface area (Å²) < 4.78 is 10.7. The standard InChI is InChI=1S/C15H11BrN2O3/c1-20-9-21-13-3-2-6-18-14(13)15(19)10-4-5-11(8-17)12(16)7-10/h2-7H,9H2,1H3. The van der Waals surface area contributed by atoms with Crippen molar-refractivity contribution in [1.82, 2.24) is 4.98 Å². The maximum absolute atomic E-state index is 12.5. The Bertz CT molecular complexity index is 710. The van der Waals surface area contributed by atoms with Gasteiger partial charge in [-0.2, -0.15) is 5.26 Å². The molecule has 21 heavy (non-hydrogen) atoms. The number of methoxy groups -OCH3 is 1. The number of carbonyl (C=O) groups excluding carboxylic acids is 1. The van der Waals surface area contributed by atoms with Crippen LogP contribution in [0.2, 0.25) is 0 Å². The number of nitrogens with zero attached hydrogens (tertiary/aromatic N) is 2. The van der Waals surface area contributed by atoms with Crippen molar-refractivity contribution < 1.29 is 14.3 Å². The maximum Gasteiger partial charge on any atom is 0.215 e. The summed E-state index contributed by atoms with van der Waals surface area (Å²) in [6.07, 6.45) is 1.52. The first-order valence-electron chi connectivity index (χ1n) is 5.98. The molecule has 0 saturated carbocycles. The van der Waals surface area contributed by atoms with Crippen LogP contribution in [0.1, 0.15) is 21.6 Å². The van der Waals surface area contributed by atoms with E-state index in [0.29, 0.717) is 21.3 Å². The molecule has 1 heterocycles. The Hall–Kier alpha value is -2.23. The van der Waals surface area contributed by atoms with E-state index < -0.39 is 0 Å². The first-order chi connectivity index (χ1) is 10.2. The van der Waals surface area contributed by atoms with Gasteiger partial charge in [0.25, 0.3) is 0 Å². The van der Waals surface area contributed by atoms with Gasteiger partial charge in [-0.1, -0.05) is 0 Å². The van der Waals surface area contributed by atoms with Gasteiger partial charge in [-0.15, -0.1) is 0 Å². The number of carbonyl (C=O) groups is 1. The predicted octanol–water partition coefficient (Wildman–Crippen LogP) is 2.93. The van der Waals surface area contributed by atoms with Gasteiger partial charge in [-0.3, -0.25) is 4.79 Å². The van der Waals surface area contributed by atoms with Crippen molar-refractivity contribution in [3.63, 3.8) is 0 Å². The molecule has 1 aromatic heterocycles. The van der Waals surface area contributed by atoms with E-state index in [0.717, 1.165) is 0 Å². The molecule has 0 aliphatic rings. The molecule has 0 amide bonds. The van der Waals surface area contributed by atoms with Crippen molar-refractivity contribution in [1.29, 1.82) is 5.26 Å². The second-order valence-electron chi connectivity index (χ2n) is 4.04. The number of hydrogen-bond donors (Lipinski definition) is 0. The zero-order valence-corrected chi connectivity index (χ0v) is 12.8. The summed E-state index contributed by atoms with van der Waals surface area (Å²) in [4.78, 5) is 16.6. The average Bonchev–Trinajstić information content (AvgIpc) is 2.52. The van der Waals surface area contributed by atoms with Crippen LogP contribution in [-0.2, 0) is 4.74 Å². The monoisotopic (exact) mass is 346 g/mol. The predicted molar refractivity (Wildman–Crippen MR) is 79.0 cm³/mol. The van der Waals surface area contributed by atoms with Crippen molar-refractivity contribution in [3.05, 3.63) is 57.8 Å². The number of ether oxygens (including phenoxy) is 2. The molecule has 0 radical (unpaired) electrons. The number of rotatable bonds is 5. The lowest BCUT2D eigenvalue weighted by Gasteiger charge is -2.09. The van der Waals surface area contributed by atoms with E-state index in [1.165, 1.54) is 13.3 Å². The van der Waals surface area contributed by atoms with Gasteiger partial charge in [0.15, 0.2) is 18.2 Å². The molecule has 0 saturated heterocycles. The third-order valence-electron chi connectivity index (χ3n) is 2.67. The van der Waals surface area contributed by atoms with Crippen LogP contribution in [0.3, 0.4) is 0 Å². The second kappa shape index (κ2) is 6.97. The van der Waals surface area contributed by atoms with Gasteiger partial charge in [-0.25, -0.2) is 4.98 Å². The van der Waals surface area contributed by atoms with Crippen LogP contribution in [-0.4, -0.2) is 24.7 Å². The summed E-state index contributed by atoms with van der Waals surface area (Å²) >= 11 is 3.26. The highest BCUT2D eigenvalue weighted by atomic mass is 79.9. The van der Waals surface area contributed by atoms with Gasteiger partial charge in [0.2, 0.25) is 5.78 Å². The van der Waals surface area contributed by atoms with E-state index in [4.69, 9.17) is 14.7 Å². The molecule has 106 valence electrons. The normalized spacial score (nSPS) is 9.95. The van der Waals surface area contributed by atoms with Crippen molar-refractivity contribution in [2.75, 3.05) is 13.9 Å². The highest BCUT2D eigenvalue weighted by Crippen LogP contribution is 2.23. The summed E-state index contributed by atoms with van der Waals surface area (Å²) in [6, 6.07) is 10.1. The average molecular weight is 347 g/mol. The van der Waals surface area contributed by atoms with E-state index in [1.54, 1.807) is 30.3 Å². The summed E-state index contributed by atoms with van der Waals surface area (Å²) in [7, 11) is 1.50. The second-order valence-corrected chi connectivity index (χ2v) is 4.89. The molecule has 0 spiro atoms. The lowest BCUT2D eigenvalue weighted by Crippen LogP contribution is -2.09. The topological polar surface area (TPSA) is 72.2 Å². The van der Waals surface area contributed by atoms with Crippen LogP contribution in [0.5, 0.6) is 5.75 Å². The number of nitriles is 1. The molecular formula is C15H11BrN2O3. The Morgan fingerprint density at radius 1 is 1.43 bits per heavy atom. The van der Waals surface area contributed by atoms with Crippen molar-refractivity contribution >= 4 is 21.7 Å². The Balaban J connectivity index is 2.36. The van der Waals surface area contributed by atoms with Gasteiger partial charge in [0.05, 0.1) is 5.56 Å². The molecule has 0 N–H and O–H groups in total. The number of aromatic nitrogens is 1. The van der Waals surface area contributed by atoms with E-state index in [-0.39, 0.29) is 18.3 Å². The molecule has 0 unspecified atom stereocenters. The summed E-state index contributed by atoms with van der Waals surface area (Å²) in [5.74, 6) is 0.0664. The quantitative estimate of drug-likeness (QED) is 0.614. The summed E-state index contributed by atoms with van der Waals surface area (Å²) in [5, 5.41) is 8.90. The Kier molecular flexibility index (Phi) is 5.04. The minimum absolute atomic E-state index is 0.0308. The van der Waals surface area contributed by atoms with Gasteiger partial charge >= 0.3 is 0 Å². The highest BCUT2D eigenvalue weighted by molar-refractivity contribution is 9.10. The molecular weight excluding hydrogens is 336 g/mol. The molecule has 0 bridgehead atoms. The Morgan fingerprint density at radius 2 is 2.24 bits per heavy atom. The van der Waals surface area contributed by atoms with Crippen LogP contribution in [0.25, 0.3) is 0 Å². The molecule has 0 atom stereocenters. The summed E-state index contributed by atoms with van der Waals surface area (Å²) in [5.41, 5.74) is 1.08. The molecule has 0 fully saturated rings. The lowest BCUT2D eigenvalue weighted by molar-refractivity contribution is 0.0500. The van der Waals surface area contributed by atoms with E-state index in [9.17, 15) is 4.79 Å². The van der Waals surface area contributed by atoms with Crippen LogP contribution in [0, 0.1) is 11.3 Å². The maximum atomic E-state index is 12.5. The molecule has 6 heteroatoms. The number of pyridine rings is 1. The van der Waals surface area contributed by atoms with Crippen molar-refractivity contribution in [3.8, 4) is 11.8 Å². The van der Waals surface area contributed by atoms with E-state index in [2.05, 4.69) is 20.9 Å². The number of hydrogen-bond acceptors (Lipinski definition) is 5. The summed E-state index contributed by atoms with van der Waals surface area (Å²) in [6.45, 7) is 0.0308. The third-order valence-corrected chi connectivity index (χ3v) is 3.33. The van der Waals surface area contributed by atoms with Crippen LogP contribution in [0.15, 0.2) is 41.0 Å². The van der Waals surface area contributed by atoms with E-state index in [1.807, 2.05) is 6.07 Å². The van der Waals surface area contributed by atoms with Crippen LogP contribution < -0.4 is 4.74 Å². The first-order valence-corrected chi connectivity index (χ1v) is 6.77. The fourth-order valence-electron chi connectivity index (χ4n) is 1.68. The number of ketones is 1. The van der Waals surface area contributed by atoms with Gasteiger partial charge in [-0.05, 0) is 46.3 Å². The minimum atomic E-state index is -0.285. The molecule has 1 aromatic carbocycles. The molecule has 0 aliphatic carbocycles. The van der Waals surface area contributed by atoms with Gasteiger partial charge in [0.1, 0.15) is 6.07 Å². The minimum Gasteiger partial charge on any atom is -0.465 e. The fraction of sp³-hybridized carbons (Fsp3) is 0.133. The molecule has 2 aromatic rings.